The van der Waals surface area contributed by atoms with Gasteiger partial charge in [0, 0.05) is 26.1 Å². The topological polar surface area (TPSA) is 81.1 Å². The van der Waals surface area contributed by atoms with Crippen molar-refractivity contribution in [3.05, 3.63) is 12.2 Å². The molecule has 0 aromatic carbocycles. The summed E-state index contributed by atoms with van der Waals surface area (Å²) in [6, 6.07) is 0.112. The van der Waals surface area contributed by atoms with Gasteiger partial charge in [-0.2, -0.15) is 5.10 Å². The second-order valence-electron chi connectivity index (χ2n) is 4.04. The number of morpholine rings is 1. The van der Waals surface area contributed by atoms with Gasteiger partial charge in [-0.25, -0.2) is 4.98 Å². The lowest BCUT2D eigenvalue weighted by molar-refractivity contribution is -0.122. The Morgan fingerprint density at radius 1 is 1.76 bits per heavy atom. The molecule has 1 unspecified atom stereocenters. The molecule has 1 aromatic heterocycles. The number of nitrogens with zero attached hydrogens (tertiary/aromatic N) is 3. The first kappa shape index (κ1) is 12.0. The maximum atomic E-state index is 11.6. The van der Waals surface area contributed by atoms with Gasteiger partial charge in [0.15, 0.2) is 5.82 Å². The van der Waals surface area contributed by atoms with Gasteiger partial charge < -0.3 is 15.4 Å². The molecule has 1 amide bonds. The number of hydrogen-bond acceptors (Lipinski definition) is 5. The van der Waals surface area contributed by atoms with E-state index in [1.807, 2.05) is 0 Å². The fourth-order valence-electron chi connectivity index (χ4n) is 1.69. The second-order valence-corrected chi connectivity index (χ2v) is 4.04. The molecule has 94 valence electrons. The summed E-state index contributed by atoms with van der Waals surface area (Å²) in [5, 5.41) is 10.1. The lowest BCUT2D eigenvalue weighted by atomic mass is 10.2. The van der Waals surface area contributed by atoms with E-state index in [0.717, 1.165) is 13.2 Å². The maximum absolute atomic E-state index is 11.6. The van der Waals surface area contributed by atoms with Gasteiger partial charge in [-0.15, -0.1) is 0 Å². The minimum absolute atomic E-state index is 0.0135. The Kier molecular flexibility index (Phi) is 4.05. The monoisotopic (exact) mass is 239 g/mol. The van der Waals surface area contributed by atoms with Gasteiger partial charge in [-0.1, -0.05) is 0 Å². The van der Waals surface area contributed by atoms with Gasteiger partial charge in [0.2, 0.25) is 5.91 Å². The molecule has 1 aromatic rings. The molecular weight excluding hydrogens is 222 g/mol. The minimum atomic E-state index is -0.0135. The predicted octanol–water partition coefficient (Wildman–Crippen LogP) is -1.19. The number of hydrogen-bond donors (Lipinski definition) is 2. The van der Waals surface area contributed by atoms with Crippen molar-refractivity contribution in [2.24, 2.45) is 7.05 Å². The van der Waals surface area contributed by atoms with E-state index in [0.29, 0.717) is 25.4 Å². The van der Waals surface area contributed by atoms with Crippen LogP contribution in [-0.4, -0.2) is 46.5 Å². The van der Waals surface area contributed by atoms with Crippen molar-refractivity contribution >= 4 is 5.91 Å². The third-order valence-electron chi connectivity index (χ3n) is 2.52. The zero-order valence-electron chi connectivity index (χ0n) is 9.85. The van der Waals surface area contributed by atoms with Crippen molar-refractivity contribution in [2.75, 3.05) is 19.8 Å². The van der Waals surface area contributed by atoms with Crippen LogP contribution in [0, 0.1) is 0 Å². The van der Waals surface area contributed by atoms with Gasteiger partial charge in [0.1, 0.15) is 6.33 Å². The normalized spacial score (nSPS) is 20.2. The smallest absolute Gasteiger partial charge is 0.222 e. The molecular formula is C10H17N5O2. The van der Waals surface area contributed by atoms with Crippen LogP contribution in [0.5, 0.6) is 0 Å². The summed E-state index contributed by atoms with van der Waals surface area (Å²) in [6.45, 7) is 2.48. The highest BCUT2D eigenvalue weighted by Crippen LogP contribution is 1.98. The van der Waals surface area contributed by atoms with E-state index in [2.05, 4.69) is 20.7 Å². The van der Waals surface area contributed by atoms with E-state index in [1.165, 1.54) is 0 Å². The molecule has 0 spiro atoms. The van der Waals surface area contributed by atoms with E-state index in [4.69, 9.17) is 4.74 Å². The number of ether oxygens (including phenoxy) is 1. The summed E-state index contributed by atoms with van der Waals surface area (Å²) in [5.74, 6) is 0.606. The third kappa shape index (κ3) is 3.79. The number of carbonyl (C=O) groups excluding carboxylic acids is 1. The Balaban J connectivity index is 1.70. The number of nitrogens with one attached hydrogen (secondary N) is 2. The first-order chi connectivity index (χ1) is 8.24. The van der Waals surface area contributed by atoms with Gasteiger partial charge in [0.25, 0.3) is 0 Å². The van der Waals surface area contributed by atoms with Crippen LogP contribution in [0.25, 0.3) is 0 Å². The van der Waals surface area contributed by atoms with E-state index in [9.17, 15) is 4.79 Å². The lowest BCUT2D eigenvalue weighted by Crippen LogP contribution is -2.44. The van der Waals surface area contributed by atoms with E-state index >= 15 is 0 Å². The zero-order valence-corrected chi connectivity index (χ0v) is 9.85. The minimum Gasteiger partial charge on any atom is -0.378 e. The molecule has 0 radical (unpaired) electrons. The molecule has 1 atom stereocenters. The molecule has 1 aliphatic heterocycles. The van der Waals surface area contributed by atoms with Gasteiger partial charge in [-0.3, -0.25) is 9.48 Å². The Morgan fingerprint density at radius 2 is 2.65 bits per heavy atom. The van der Waals surface area contributed by atoms with Crippen LogP contribution in [-0.2, 0) is 23.1 Å². The van der Waals surface area contributed by atoms with E-state index in [-0.39, 0.29) is 11.9 Å². The highest BCUT2D eigenvalue weighted by molar-refractivity contribution is 5.76. The molecule has 0 aliphatic carbocycles. The van der Waals surface area contributed by atoms with Crippen LogP contribution >= 0.6 is 0 Å². The molecule has 1 saturated heterocycles. The standard InChI is InChI=1S/C10H17N5O2/c1-15-7-13-9(14-15)5-12-10(16)4-8-6-17-3-2-11-8/h7-8,11H,2-6H2,1H3,(H,12,16). The fraction of sp³-hybridized carbons (Fsp3) is 0.700. The Morgan fingerprint density at radius 3 is 3.29 bits per heavy atom. The van der Waals surface area contributed by atoms with Crippen molar-refractivity contribution < 1.29 is 9.53 Å². The summed E-state index contributed by atoms with van der Waals surface area (Å²) in [7, 11) is 1.79. The average Bonchev–Trinajstić information content (AvgIpc) is 2.74. The Hall–Kier alpha value is -1.47. The number of aromatic nitrogens is 3. The maximum Gasteiger partial charge on any atom is 0.222 e. The summed E-state index contributed by atoms with van der Waals surface area (Å²) >= 11 is 0. The molecule has 1 aliphatic rings. The van der Waals surface area contributed by atoms with E-state index < -0.39 is 0 Å². The molecule has 0 saturated carbocycles. The molecule has 7 nitrogen and oxygen atoms in total. The van der Waals surface area contributed by atoms with Crippen molar-refractivity contribution in [2.45, 2.75) is 19.0 Å². The molecule has 2 rings (SSSR count). The summed E-state index contributed by atoms with van der Waals surface area (Å²) in [5.41, 5.74) is 0. The molecule has 1 fully saturated rings. The highest BCUT2D eigenvalue weighted by atomic mass is 16.5. The van der Waals surface area contributed by atoms with Crippen LogP contribution in [0.15, 0.2) is 6.33 Å². The quantitative estimate of drug-likeness (QED) is 0.690. The second kappa shape index (κ2) is 5.74. The number of aryl methyl sites for hydroxylation is 1. The summed E-state index contributed by atoms with van der Waals surface area (Å²) < 4.78 is 6.89. The van der Waals surface area contributed by atoms with Crippen molar-refractivity contribution in [3.8, 4) is 0 Å². The van der Waals surface area contributed by atoms with Crippen LogP contribution in [0.2, 0.25) is 0 Å². The van der Waals surface area contributed by atoms with Gasteiger partial charge >= 0.3 is 0 Å². The predicted molar refractivity (Wildman–Crippen MR) is 60.1 cm³/mol. The summed E-state index contributed by atoms with van der Waals surface area (Å²) in [4.78, 5) is 15.7. The first-order valence-corrected chi connectivity index (χ1v) is 5.66. The molecule has 2 heterocycles. The van der Waals surface area contributed by atoms with Crippen molar-refractivity contribution in [1.82, 2.24) is 25.4 Å². The zero-order chi connectivity index (χ0) is 12.1. The molecule has 7 heteroatoms. The third-order valence-corrected chi connectivity index (χ3v) is 2.52. The van der Waals surface area contributed by atoms with Crippen LogP contribution < -0.4 is 10.6 Å². The van der Waals surface area contributed by atoms with Crippen LogP contribution in [0.1, 0.15) is 12.2 Å². The van der Waals surface area contributed by atoms with Crippen molar-refractivity contribution in [1.29, 1.82) is 0 Å². The lowest BCUT2D eigenvalue weighted by Gasteiger charge is -2.23. The largest absolute Gasteiger partial charge is 0.378 e. The Labute approximate surface area is 99.5 Å². The molecule has 2 N–H and O–H groups in total. The Bertz CT molecular complexity index is 373. The summed E-state index contributed by atoms with van der Waals surface area (Å²) in [6.07, 6.45) is 2.03. The van der Waals surface area contributed by atoms with E-state index in [1.54, 1.807) is 18.1 Å². The van der Waals surface area contributed by atoms with Gasteiger partial charge in [-0.05, 0) is 0 Å². The molecule has 0 bridgehead atoms. The first-order valence-electron chi connectivity index (χ1n) is 5.66. The SMILES string of the molecule is Cn1cnc(CNC(=O)CC2COCCN2)n1. The average molecular weight is 239 g/mol. The highest BCUT2D eigenvalue weighted by Gasteiger charge is 2.16. The number of amides is 1. The van der Waals surface area contributed by atoms with Crippen LogP contribution in [0.3, 0.4) is 0 Å². The molecule has 17 heavy (non-hydrogen) atoms. The van der Waals surface area contributed by atoms with Gasteiger partial charge in [0.05, 0.1) is 19.8 Å². The van der Waals surface area contributed by atoms with Crippen molar-refractivity contribution in [3.63, 3.8) is 0 Å². The van der Waals surface area contributed by atoms with Crippen LogP contribution in [0.4, 0.5) is 0 Å². The fourth-order valence-corrected chi connectivity index (χ4v) is 1.69. The number of carbonyl (C=O) groups is 1. The number of rotatable bonds is 4.